The van der Waals surface area contributed by atoms with Gasteiger partial charge < -0.3 is 9.84 Å². The van der Waals surface area contributed by atoms with Gasteiger partial charge in [0.1, 0.15) is 11.9 Å². The van der Waals surface area contributed by atoms with Gasteiger partial charge in [0.15, 0.2) is 0 Å². The Balaban J connectivity index is 1.56. The Kier molecular flexibility index (Phi) is 3.53. The molecule has 2 nitrogen and oxygen atoms in total. The summed E-state index contributed by atoms with van der Waals surface area (Å²) in [5, 5.41) is 9.88. The minimum atomic E-state index is -0.400. The third-order valence-electron chi connectivity index (χ3n) is 3.75. The van der Waals surface area contributed by atoms with Gasteiger partial charge in [-0.1, -0.05) is 12.1 Å². The standard InChI is InChI=1S/C15H20O2S/c16-15(7-8-15)11-12-1-3-13(4-2-12)17-14-5-9-18-10-6-14/h1-4,14,16H,5-11H2. The van der Waals surface area contributed by atoms with Crippen molar-refractivity contribution in [1.82, 2.24) is 0 Å². The van der Waals surface area contributed by atoms with Gasteiger partial charge in [-0.15, -0.1) is 0 Å². The second kappa shape index (κ2) is 5.14. The van der Waals surface area contributed by atoms with Crippen LogP contribution in [0, 0.1) is 0 Å². The molecule has 1 saturated heterocycles. The van der Waals surface area contributed by atoms with Crippen molar-refractivity contribution in [2.24, 2.45) is 0 Å². The molecule has 1 saturated carbocycles. The number of aliphatic hydroxyl groups is 1. The number of rotatable bonds is 4. The molecule has 2 fully saturated rings. The van der Waals surface area contributed by atoms with E-state index >= 15 is 0 Å². The van der Waals surface area contributed by atoms with E-state index in [-0.39, 0.29) is 0 Å². The van der Waals surface area contributed by atoms with Crippen LogP contribution in [-0.4, -0.2) is 28.3 Å². The zero-order chi connectivity index (χ0) is 12.4. The lowest BCUT2D eigenvalue weighted by atomic mass is 10.1. The highest BCUT2D eigenvalue weighted by Gasteiger charge is 2.39. The molecule has 0 atom stereocenters. The summed E-state index contributed by atoms with van der Waals surface area (Å²) < 4.78 is 5.98. The summed E-state index contributed by atoms with van der Waals surface area (Å²) in [4.78, 5) is 0. The summed E-state index contributed by atoms with van der Waals surface area (Å²) in [6.07, 6.45) is 5.39. The van der Waals surface area contributed by atoms with E-state index in [1.165, 1.54) is 17.1 Å². The number of benzene rings is 1. The lowest BCUT2D eigenvalue weighted by Crippen LogP contribution is -2.22. The van der Waals surface area contributed by atoms with Gasteiger partial charge in [-0.25, -0.2) is 0 Å². The molecular weight excluding hydrogens is 244 g/mol. The highest BCUT2D eigenvalue weighted by Crippen LogP contribution is 2.38. The zero-order valence-corrected chi connectivity index (χ0v) is 11.4. The number of ether oxygens (including phenoxy) is 1. The first-order valence-electron chi connectivity index (χ1n) is 6.79. The van der Waals surface area contributed by atoms with Gasteiger partial charge in [0.2, 0.25) is 0 Å². The van der Waals surface area contributed by atoms with E-state index in [0.717, 1.165) is 37.9 Å². The van der Waals surface area contributed by atoms with Crippen LogP contribution in [0.4, 0.5) is 0 Å². The fourth-order valence-corrected chi connectivity index (χ4v) is 3.44. The van der Waals surface area contributed by atoms with Crippen molar-refractivity contribution >= 4 is 11.8 Å². The van der Waals surface area contributed by atoms with Gasteiger partial charge in [0.25, 0.3) is 0 Å². The van der Waals surface area contributed by atoms with Crippen molar-refractivity contribution in [3.63, 3.8) is 0 Å². The fourth-order valence-electron chi connectivity index (χ4n) is 2.37. The van der Waals surface area contributed by atoms with Crippen LogP contribution in [0.3, 0.4) is 0 Å². The van der Waals surface area contributed by atoms with Crippen LogP contribution in [0.25, 0.3) is 0 Å². The molecule has 3 heteroatoms. The molecule has 18 heavy (non-hydrogen) atoms. The third kappa shape index (κ3) is 3.21. The molecule has 0 amide bonds. The van der Waals surface area contributed by atoms with Crippen LogP contribution < -0.4 is 4.74 Å². The summed E-state index contributed by atoms with van der Waals surface area (Å²) in [6.45, 7) is 0. The second-order valence-electron chi connectivity index (χ2n) is 5.47. The van der Waals surface area contributed by atoms with E-state index in [9.17, 15) is 5.11 Å². The number of thioether (sulfide) groups is 1. The summed E-state index contributed by atoms with van der Waals surface area (Å²) in [5.41, 5.74) is 0.810. The predicted octanol–water partition coefficient (Wildman–Crippen LogP) is 3.03. The normalized spacial score (nSPS) is 22.7. The Labute approximate surface area is 113 Å². The molecular formula is C15H20O2S. The minimum Gasteiger partial charge on any atom is -0.490 e. The van der Waals surface area contributed by atoms with Gasteiger partial charge >= 0.3 is 0 Å². The maximum atomic E-state index is 9.88. The highest BCUT2D eigenvalue weighted by atomic mass is 32.2. The Hall–Kier alpha value is -0.670. The van der Waals surface area contributed by atoms with E-state index in [2.05, 4.69) is 12.1 Å². The van der Waals surface area contributed by atoms with Crippen LogP contribution in [-0.2, 0) is 6.42 Å². The summed E-state index contributed by atoms with van der Waals surface area (Å²) >= 11 is 2.02. The molecule has 0 unspecified atom stereocenters. The lowest BCUT2D eigenvalue weighted by molar-refractivity contribution is 0.151. The molecule has 1 aliphatic carbocycles. The SMILES string of the molecule is OC1(Cc2ccc(OC3CCSCC3)cc2)CC1. The van der Waals surface area contributed by atoms with Crippen LogP contribution in [0.2, 0.25) is 0 Å². The van der Waals surface area contributed by atoms with Crippen LogP contribution in [0.1, 0.15) is 31.2 Å². The summed E-state index contributed by atoms with van der Waals surface area (Å²) in [7, 11) is 0. The Morgan fingerprint density at radius 1 is 1.17 bits per heavy atom. The Morgan fingerprint density at radius 2 is 1.83 bits per heavy atom. The van der Waals surface area contributed by atoms with Gasteiger partial charge in [0, 0.05) is 6.42 Å². The highest BCUT2D eigenvalue weighted by molar-refractivity contribution is 7.99. The molecule has 1 aromatic carbocycles. The molecule has 1 heterocycles. The van der Waals surface area contributed by atoms with Gasteiger partial charge in [0.05, 0.1) is 5.60 Å². The van der Waals surface area contributed by atoms with Gasteiger partial charge in [-0.3, -0.25) is 0 Å². The molecule has 1 aromatic rings. The molecule has 0 radical (unpaired) electrons. The van der Waals surface area contributed by atoms with Crippen molar-refractivity contribution in [3.05, 3.63) is 29.8 Å². The lowest BCUT2D eigenvalue weighted by Gasteiger charge is -2.22. The van der Waals surface area contributed by atoms with E-state index in [1.807, 2.05) is 23.9 Å². The van der Waals surface area contributed by atoms with Crippen molar-refractivity contribution < 1.29 is 9.84 Å². The second-order valence-corrected chi connectivity index (χ2v) is 6.70. The first-order valence-corrected chi connectivity index (χ1v) is 7.95. The average molecular weight is 264 g/mol. The van der Waals surface area contributed by atoms with Crippen molar-refractivity contribution in [1.29, 1.82) is 0 Å². The zero-order valence-electron chi connectivity index (χ0n) is 10.6. The van der Waals surface area contributed by atoms with Crippen molar-refractivity contribution in [3.8, 4) is 5.75 Å². The van der Waals surface area contributed by atoms with E-state index in [1.54, 1.807) is 0 Å². The first kappa shape index (κ1) is 12.4. The molecule has 98 valence electrons. The monoisotopic (exact) mass is 264 g/mol. The molecule has 1 N–H and O–H groups in total. The maximum absolute atomic E-state index is 9.88. The first-order chi connectivity index (χ1) is 8.73. The van der Waals surface area contributed by atoms with Gasteiger partial charge in [-0.2, -0.15) is 11.8 Å². The third-order valence-corrected chi connectivity index (χ3v) is 4.80. The minimum absolute atomic E-state index is 0.393. The molecule has 0 bridgehead atoms. The van der Waals surface area contributed by atoms with E-state index in [0.29, 0.717) is 6.10 Å². The predicted molar refractivity (Wildman–Crippen MR) is 75.3 cm³/mol. The quantitative estimate of drug-likeness (QED) is 0.906. The van der Waals surface area contributed by atoms with Crippen LogP contribution in [0.15, 0.2) is 24.3 Å². The largest absolute Gasteiger partial charge is 0.490 e. The Bertz CT molecular complexity index is 391. The van der Waals surface area contributed by atoms with Crippen LogP contribution >= 0.6 is 11.8 Å². The number of hydrogen-bond donors (Lipinski definition) is 1. The summed E-state index contributed by atoms with van der Waals surface area (Å²) in [6, 6.07) is 8.26. The molecule has 2 aliphatic rings. The molecule has 3 rings (SSSR count). The average Bonchev–Trinajstić information content (AvgIpc) is 3.11. The molecule has 1 aliphatic heterocycles. The fraction of sp³-hybridized carbons (Fsp3) is 0.600. The Morgan fingerprint density at radius 3 is 2.44 bits per heavy atom. The van der Waals surface area contributed by atoms with E-state index < -0.39 is 5.60 Å². The van der Waals surface area contributed by atoms with E-state index in [4.69, 9.17) is 4.74 Å². The maximum Gasteiger partial charge on any atom is 0.119 e. The summed E-state index contributed by atoms with van der Waals surface area (Å²) in [5.74, 6) is 3.41. The molecule has 0 aromatic heterocycles. The smallest absolute Gasteiger partial charge is 0.119 e. The van der Waals surface area contributed by atoms with Gasteiger partial charge in [-0.05, 0) is 54.9 Å². The van der Waals surface area contributed by atoms with Crippen molar-refractivity contribution in [2.75, 3.05) is 11.5 Å². The van der Waals surface area contributed by atoms with Crippen molar-refractivity contribution in [2.45, 2.75) is 43.8 Å². The number of hydrogen-bond acceptors (Lipinski definition) is 3. The molecule has 0 spiro atoms. The topological polar surface area (TPSA) is 29.5 Å². The van der Waals surface area contributed by atoms with Crippen LogP contribution in [0.5, 0.6) is 5.75 Å².